The monoisotopic (exact) mass is 223 g/mol. The lowest BCUT2D eigenvalue weighted by Crippen LogP contribution is -2.22. The molecule has 16 heavy (non-hydrogen) atoms. The molecule has 0 amide bonds. The van der Waals surface area contributed by atoms with Crippen LogP contribution in [0.3, 0.4) is 0 Å². The van der Waals surface area contributed by atoms with E-state index in [1.54, 1.807) is 7.11 Å². The van der Waals surface area contributed by atoms with Crippen molar-refractivity contribution in [1.82, 2.24) is 0 Å². The maximum atomic E-state index is 9.21. The topological polar surface area (TPSA) is 41.5 Å². The second-order valence-electron chi connectivity index (χ2n) is 4.30. The molecule has 0 aromatic heterocycles. The molecule has 0 fully saturated rings. The maximum Gasteiger partial charge on any atom is 0.120 e. The molecule has 0 aliphatic heterocycles. The SMILES string of the molecule is COc1cccc(NCC(CO)C(C)C)c1. The molecule has 3 heteroatoms. The Labute approximate surface area is 97.4 Å². The van der Waals surface area contributed by atoms with Crippen molar-refractivity contribution in [2.45, 2.75) is 13.8 Å². The molecule has 0 spiro atoms. The third-order valence-electron chi connectivity index (χ3n) is 2.82. The summed E-state index contributed by atoms with van der Waals surface area (Å²) in [5, 5.41) is 12.5. The van der Waals surface area contributed by atoms with E-state index in [1.165, 1.54) is 0 Å². The van der Waals surface area contributed by atoms with E-state index in [9.17, 15) is 5.11 Å². The molecule has 2 N–H and O–H groups in total. The fourth-order valence-electron chi connectivity index (χ4n) is 1.49. The minimum Gasteiger partial charge on any atom is -0.497 e. The highest BCUT2D eigenvalue weighted by atomic mass is 16.5. The number of benzene rings is 1. The summed E-state index contributed by atoms with van der Waals surface area (Å²) >= 11 is 0. The zero-order chi connectivity index (χ0) is 12.0. The van der Waals surface area contributed by atoms with Crippen LogP contribution in [0.2, 0.25) is 0 Å². The van der Waals surface area contributed by atoms with Crippen molar-refractivity contribution in [2.24, 2.45) is 11.8 Å². The van der Waals surface area contributed by atoms with Crippen LogP contribution in [0.15, 0.2) is 24.3 Å². The third kappa shape index (κ3) is 3.74. The molecule has 1 atom stereocenters. The average Bonchev–Trinajstić information content (AvgIpc) is 2.29. The van der Waals surface area contributed by atoms with Gasteiger partial charge in [0, 0.05) is 30.8 Å². The summed E-state index contributed by atoms with van der Waals surface area (Å²) in [4.78, 5) is 0. The summed E-state index contributed by atoms with van der Waals surface area (Å²) in [6, 6.07) is 7.81. The van der Waals surface area contributed by atoms with Crippen LogP contribution in [0.5, 0.6) is 5.75 Å². The molecule has 0 heterocycles. The van der Waals surface area contributed by atoms with Gasteiger partial charge in [-0.2, -0.15) is 0 Å². The molecule has 0 saturated carbocycles. The molecule has 0 saturated heterocycles. The first-order valence-electron chi connectivity index (χ1n) is 5.66. The first-order valence-corrected chi connectivity index (χ1v) is 5.66. The minimum absolute atomic E-state index is 0.217. The van der Waals surface area contributed by atoms with Crippen LogP contribution in [0.25, 0.3) is 0 Å². The Hall–Kier alpha value is -1.22. The van der Waals surface area contributed by atoms with Crippen molar-refractivity contribution in [3.05, 3.63) is 24.3 Å². The lowest BCUT2D eigenvalue weighted by atomic mass is 9.97. The van der Waals surface area contributed by atoms with Crippen molar-refractivity contribution < 1.29 is 9.84 Å². The van der Waals surface area contributed by atoms with Gasteiger partial charge in [0.15, 0.2) is 0 Å². The molecule has 1 aromatic carbocycles. The number of aliphatic hydroxyl groups is 1. The van der Waals surface area contributed by atoms with E-state index < -0.39 is 0 Å². The van der Waals surface area contributed by atoms with E-state index in [0.717, 1.165) is 18.0 Å². The van der Waals surface area contributed by atoms with Crippen molar-refractivity contribution in [1.29, 1.82) is 0 Å². The van der Waals surface area contributed by atoms with Crippen LogP contribution in [-0.4, -0.2) is 25.4 Å². The first-order chi connectivity index (χ1) is 7.67. The number of rotatable bonds is 6. The highest BCUT2D eigenvalue weighted by molar-refractivity contribution is 5.48. The molecule has 0 radical (unpaired) electrons. The molecule has 1 rings (SSSR count). The van der Waals surface area contributed by atoms with Gasteiger partial charge in [-0.1, -0.05) is 19.9 Å². The predicted octanol–water partition coefficient (Wildman–Crippen LogP) is 2.37. The van der Waals surface area contributed by atoms with E-state index >= 15 is 0 Å². The normalized spacial score (nSPS) is 12.6. The summed E-state index contributed by atoms with van der Waals surface area (Å²) < 4.78 is 5.15. The quantitative estimate of drug-likeness (QED) is 0.778. The maximum absolute atomic E-state index is 9.21. The van der Waals surface area contributed by atoms with Gasteiger partial charge in [0.25, 0.3) is 0 Å². The number of nitrogens with one attached hydrogen (secondary N) is 1. The van der Waals surface area contributed by atoms with Gasteiger partial charge in [-0.3, -0.25) is 0 Å². The Morgan fingerprint density at radius 1 is 1.38 bits per heavy atom. The van der Waals surface area contributed by atoms with E-state index in [1.807, 2.05) is 24.3 Å². The zero-order valence-corrected chi connectivity index (χ0v) is 10.2. The Morgan fingerprint density at radius 3 is 2.69 bits per heavy atom. The van der Waals surface area contributed by atoms with Crippen molar-refractivity contribution in [3.63, 3.8) is 0 Å². The summed E-state index contributed by atoms with van der Waals surface area (Å²) in [5.74, 6) is 1.60. The van der Waals surface area contributed by atoms with Crippen LogP contribution in [0.4, 0.5) is 5.69 Å². The van der Waals surface area contributed by atoms with Gasteiger partial charge >= 0.3 is 0 Å². The molecular formula is C13H21NO2. The Kier molecular flexibility index (Phi) is 5.12. The smallest absolute Gasteiger partial charge is 0.120 e. The van der Waals surface area contributed by atoms with Gasteiger partial charge in [0.2, 0.25) is 0 Å². The summed E-state index contributed by atoms with van der Waals surface area (Å²) in [6.45, 7) is 5.23. The summed E-state index contributed by atoms with van der Waals surface area (Å²) in [7, 11) is 1.66. The number of hydrogen-bond acceptors (Lipinski definition) is 3. The van der Waals surface area contributed by atoms with Gasteiger partial charge < -0.3 is 15.2 Å². The van der Waals surface area contributed by atoms with Gasteiger partial charge in [-0.25, -0.2) is 0 Å². The van der Waals surface area contributed by atoms with Crippen molar-refractivity contribution in [2.75, 3.05) is 25.6 Å². The number of methoxy groups -OCH3 is 1. The minimum atomic E-state index is 0.217. The number of aliphatic hydroxyl groups excluding tert-OH is 1. The zero-order valence-electron chi connectivity index (χ0n) is 10.2. The number of anilines is 1. The summed E-state index contributed by atoms with van der Waals surface area (Å²) in [5.41, 5.74) is 1.03. The molecule has 0 aliphatic carbocycles. The van der Waals surface area contributed by atoms with Crippen LogP contribution in [0, 0.1) is 11.8 Å². The Morgan fingerprint density at radius 2 is 2.12 bits per heavy atom. The van der Waals surface area contributed by atoms with E-state index in [4.69, 9.17) is 4.74 Å². The van der Waals surface area contributed by atoms with E-state index in [-0.39, 0.29) is 12.5 Å². The Balaban J connectivity index is 2.53. The molecule has 90 valence electrons. The molecule has 0 bridgehead atoms. The van der Waals surface area contributed by atoms with Gasteiger partial charge in [0.05, 0.1) is 7.11 Å². The molecular weight excluding hydrogens is 202 g/mol. The third-order valence-corrected chi connectivity index (χ3v) is 2.82. The number of hydrogen-bond donors (Lipinski definition) is 2. The lowest BCUT2D eigenvalue weighted by Gasteiger charge is -2.19. The van der Waals surface area contributed by atoms with Crippen LogP contribution in [-0.2, 0) is 0 Å². The second kappa shape index (κ2) is 6.38. The average molecular weight is 223 g/mol. The molecule has 1 aromatic rings. The first kappa shape index (κ1) is 12.8. The van der Waals surface area contributed by atoms with Crippen LogP contribution in [0.1, 0.15) is 13.8 Å². The van der Waals surface area contributed by atoms with Gasteiger partial charge in [-0.15, -0.1) is 0 Å². The molecule has 0 aliphatic rings. The largest absolute Gasteiger partial charge is 0.497 e. The predicted molar refractivity (Wildman–Crippen MR) is 66.9 cm³/mol. The highest BCUT2D eigenvalue weighted by Gasteiger charge is 2.11. The van der Waals surface area contributed by atoms with E-state index in [2.05, 4.69) is 19.2 Å². The fraction of sp³-hybridized carbons (Fsp3) is 0.538. The van der Waals surface area contributed by atoms with Crippen LogP contribution >= 0.6 is 0 Å². The van der Waals surface area contributed by atoms with Crippen molar-refractivity contribution in [3.8, 4) is 5.75 Å². The number of ether oxygens (including phenoxy) is 1. The van der Waals surface area contributed by atoms with Crippen molar-refractivity contribution >= 4 is 5.69 Å². The summed E-state index contributed by atoms with van der Waals surface area (Å²) in [6.07, 6.45) is 0. The van der Waals surface area contributed by atoms with Gasteiger partial charge in [-0.05, 0) is 18.1 Å². The second-order valence-corrected chi connectivity index (χ2v) is 4.30. The van der Waals surface area contributed by atoms with Gasteiger partial charge in [0.1, 0.15) is 5.75 Å². The molecule has 3 nitrogen and oxygen atoms in total. The van der Waals surface area contributed by atoms with Crippen LogP contribution < -0.4 is 10.1 Å². The Bertz CT molecular complexity index is 313. The van der Waals surface area contributed by atoms with E-state index in [0.29, 0.717) is 5.92 Å². The standard InChI is InChI=1S/C13H21NO2/c1-10(2)11(9-15)8-14-12-5-4-6-13(7-12)16-3/h4-7,10-11,14-15H,8-9H2,1-3H3. The lowest BCUT2D eigenvalue weighted by molar-refractivity contribution is 0.198. The fourth-order valence-corrected chi connectivity index (χ4v) is 1.49. The molecule has 1 unspecified atom stereocenters. The highest BCUT2D eigenvalue weighted by Crippen LogP contribution is 2.18.